The molecule has 4 aliphatic rings. The lowest BCUT2D eigenvalue weighted by Crippen LogP contribution is -2.42. The minimum absolute atomic E-state index is 0.326. The van der Waals surface area contributed by atoms with Crippen molar-refractivity contribution >= 4 is 55.3 Å². The zero-order valence-corrected chi connectivity index (χ0v) is 27.8. The Balaban J connectivity index is 1.24. The zero-order chi connectivity index (χ0) is 32.8. The number of benzene rings is 5. The summed E-state index contributed by atoms with van der Waals surface area (Å²) < 4.78 is 5.00. The van der Waals surface area contributed by atoms with Gasteiger partial charge in [0, 0.05) is 49.4 Å². The molecule has 4 nitrogen and oxygen atoms in total. The quantitative estimate of drug-likeness (QED) is 0.191. The predicted molar refractivity (Wildman–Crippen MR) is 207 cm³/mol. The maximum absolute atomic E-state index is 5.49. The summed E-state index contributed by atoms with van der Waals surface area (Å²) in [6.45, 7) is 0. The Hall–Kier alpha value is -5.87. The van der Waals surface area contributed by atoms with Crippen molar-refractivity contribution in [3.05, 3.63) is 167 Å². The van der Waals surface area contributed by atoms with Crippen molar-refractivity contribution in [1.29, 1.82) is 0 Å². The Morgan fingerprint density at radius 2 is 1.46 bits per heavy atom. The highest BCUT2D eigenvalue weighted by atomic mass is 15.3. The van der Waals surface area contributed by atoms with Gasteiger partial charge in [-0.3, -0.25) is 0 Å². The summed E-state index contributed by atoms with van der Waals surface area (Å²) in [5, 5.41) is 12.7. The molecule has 3 aliphatic carbocycles. The average Bonchev–Trinajstić information content (AvgIpc) is 3.72. The maximum atomic E-state index is 5.49. The molecule has 0 fully saturated rings. The monoisotopic (exact) mass is 644 g/mol. The summed E-state index contributed by atoms with van der Waals surface area (Å²) in [5.41, 5.74) is 10.1. The Morgan fingerprint density at radius 3 is 2.36 bits per heavy atom. The lowest BCUT2D eigenvalue weighted by atomic mass is 9.79. The van der Waals surface area contributed by atoms with E-state index < -0.39 is 0 Å². The van der Waals surface area contributed by atoms with Gasteiger partial charge in [-0.05, 0) is 73.1 Å². The summed E-state index contributed by atoms with van der Waals surface area (Å²) in [6.07, 6.45) is 20.7. The normalized spacial score (nSPS) is 20.8. The van der Waals surface area contributed by atoms with E-state index in [1.165, 1.54) is 83.3 Å². The molecule has 0 spiro atoms. The fourth-order valence-corrected chi connectivity index (χ4v) is 9.27. The standard InChI is InChI=1S/C46H36N4/c1-2-16-32(17-3-1)49-39-24-12-9-21-36(39)41-42-37-22-10-13-25-40(37)50(45(42)34-19-7-6-18-33(34)44(41)49)46-47-38-23-11-8-20-35(38)43(48-46)31-27-26-29-14-4-5-15-30(29)28-31/h1-4,6-8,10-14,16-20,22-30,46,48H,5,9,15,21H2. The highest BCUT2D eigenvalue weighted by molar-refractivity contribution is 6.32. The van der Waals surface area contributed by atoms with Gasteiger partial charge in [0.1, 0.15) is 0 Å². The van der Waals surface area contributed by atoms with E-state index in [4.69, 9.17) is 4.99 Å². The molecule has 240 valence electrons. The van der Waals surface area contributed by atoms with Crippen molar-refractivity contribution in [2.24, 2.45) is 16.8 Å². The van der Waals surface area contributed by atoms with E-state index in [-0.39, 0.29) is 6.29 Å². The van der Waals surface area contributed by atoms with Crippen molar-refractivity contribution in [3.8, 4) is 5.69 Å². The molecule has 5 aromatic carbocycles. The van der Waals surface area contributed by atoms with E-state index in [1.807, 2.05) is 0 Å². The van der Waals surface area contributed by atoms with Crippen LogP contribution in [0.4, 0.5) is 0 Å². The van der Waals surface area contributed by atoms with E-state index in [0.717, 1.165) is 24.6 Å². The Kier molecular flexibility index (Phi) is 6.06. The fourth-order valence-electron chi connectivity index (χ4n) is 9.27. The number of hydrogen-bond donors (Lipinski definition) is 1. The van der Waals surface area contributed by atoms with Crippen molar-refractivity contribution < 1.29 is 0 Å². The van der Waals surface area contributed by atoms with Crippen LogP contribution in [0.3, 0.4) is 0 Å². The molecule has 1 aliphatic heterocycles. The number of nitrogens with one attached hydrogen (secondary N) is 1. The lowest BCUT2D eigenvalue weighted by Gasteiger charge is -2.30. The fraction of sp³-hybridized carbons (Fsp3) is 0.152. The van der Waals surface area contributed by atoms with Crippen molar-refractivity contribution in [2.45, 2.75) is 32.0 Å². The van der Waals surface area contributed by atoms with Gasteiger partial charge in [-0.2, -0.15) is 0 Å². The minimum atomic E-state index is -0.326. The minimum Gasteiger partial charge on any atom is -0.345 e. The third-order valence-electron chi connectivity index (χ3n) is 11.4. The third-order valence-corrected chi connectivity index (χ3v) is 11.4. The predicted octanol–water partition coefficient (Wildman–Crippen LogP) is 9.42. The van der Waals surface area contributed by atoms with Crippen LogP contribution in [0.15, 0.2) is 150 Å². The van der Waals surface area contributed by atoms with Gasteiger partial charge >= 0.3 is 0 Å². The van der Waals surface area contributed by atoms with E-state index in [2.05, 4.69) is 160 Å². The first kappa shape index (κ1) is 28.0. The molecule has 0 bridgehead atoms. The number of para-hydroxylation sites is 3. The third kappa shape index (κ3) is 3.96. The Morgan fingerprint density at radius 1 is 0.680 bits per heavy atom. The van der Waals surface area contributed by atoms with Gasteiger partial charge in [0.05, 0.1) is 27.6 Å². The number of nitrogens with zero attached hydrogens (tertiary/aromatic N) is 3. The molecule has 0 saturated carbocycles. The smallest absolute Gasteiger partial charge is 0.201 e. The molecule has 4 heteroatoms. The van der Waals surface area contributed by atoms with E-state index in [9.17, 15) is 0 Å². The number of allylic oxidation sites excluding steroid dienone is 5. The first-order valence-corrected chi connectivity index (χ1v) is 18.1. The van der Waals surface area contributed by atoms with Crippen LogP contribution in [-0.4, -0.2) is 9.13 Å². The second-order valence-corrected chi connectivity index (χ2v) is 14.1. The van der Waals surface area contributed by atoms with Crippen molar-refractivity contribution in [3.63, 3.8) is 0 Å². The second kappa shape index (κ2) is 10.8. The molecule has 7 aromatic rings. The maximum Gasteiger partial charge on any atom is 0.201 e. The number of hydrogen-bond acceptors (Lipinski definition) is 2. The number of fused-ring (bicyclic) bond motifs is 12. The van der Waals surface area contributed by atoms with Gasteiger partial charge in [-0.25, -0.2) is 4.99 Å². The largest absolute Gasteiger partial charge is 0.345 e. The van der Waals surface area contributed by atoms with E-state index in [1.54, 1.807) is 0 Å². The number of aromatic nitrogens is 2. The summed E-state index contributed by atoms with van der Waals surface area (Å²) in [7, 11) is 0. The van der Waals surface area contributed by atoms with Crippen LogP contribution in [0.25, 0.3) is 60.9 Å². The molecular weight excluding hydrogens is 609 g/mol. The van der Waals surface area contributed by atoms with Crippen LogP contribution < -0.4 is 15.9 Å². The summed E-state index contributed by atoms with van der Waals surface area (Å²) in [5.74, 6) is 1.01. The summed E-state index contributed by atoms with van der Waals surface area (Å²) in [6, 6.07) is 37.5. The van der Waals surface area contributed by atoms with Gasteiger partial charge in [0.2, 0.25) is 6.29 Å². The van der Waals surface area contributed by atoms with Gasteiger partial charge < -0.3 is 14.5 Å². The Bertz CT molecular complexity index is 2800. The molecule has 50 heavy (non-hydrogen) atoms. The topological polar surface area (TPSA) is 34.2 Å². The molecular formula is C46H36N4. The van der Waals surface area contributed by atoms with Crippen LogP contribution in [0.5, 0.6) is 0 Å². The number of aryl methyl sites for hydroxylation is 1. The SMILES string of the molecule is C1=Cc2c(c3c4c5ccccc5n(C5N=c6ccccc6=C(C6=CC7CCC=CC7C=C6)N5)c4c4ccccc4c3n2-c2ccccc2)CC1. The van der Waals surface area contributed by atoms with Crippen LogP contribution in [0.1, 0.15) is 36.8 Å². The van der Waals surface area contributed by atoms with Gasteiger partial charge in [-0.15, -0.1) is 0 Å². The molecule has 3 heterocycles. The van der Waals surface area contributed by atoms with Gasteiger partial charge in [0.25, 0.3) is 0 Å². The second-order valence-electron chi connectivity index (χ2n) is 14.1. The molecule has 0 amide bonds. The summed E-state index contributed by atoms with van der Waals surface area (Å²) in [4.78, 5) is 5.49. The van der Waals surface area contributed by atoms with Gasteiger partial charge in [-0.1, -0.05) is 115 Å². The summed E-state index contributed by atoms with van der Waals surface area (Å²) >= 11 is 0. The molecule has 1 N–H and O–H groups in total. The first-order valence-electron chi connectivity index (χ1n) is 18.1. The van der Waals surface area contributed by atoms with E-state index in [0.29, 0.717) is 11.8 Å². The first-order chi connectivity index (χ1) is 24.8. The molecule has 0 saturated heterocycles. The average molecular weight is 645 g/mol. The highest BCUT2D eigenvalue weighted by Gasteiger charge is 2.30. The highest BCUT2D eigenvalue weighted by Crippen LogP contribution is 2.47. The van der Waals surface area contributed by atoms with Crippen LogP contribution in [0.2, 0.25) is 0 Å². The number of rotatable bonds is 3. The van der Waals surface area contributed by atoms with Crippen molar-refractivity contribution in [1.82, 2.24) is 14.5 Å². The molecule has 2 aromatic heterocycles. The lowest BCUT2D eigenvalue weighted by molar-refractivity contribution is 0.480. The molecule has 3 unspecified atom stereocenters. The van der Waals surface area contributed by atoms with Crippen LogP contribution in [-0.2, 0) is 6.42 Å². The molecule has 0 radical (unpaired) electrons. The Labute approximate surface area is 290 Å². The van der Waals surface area contributed by atoms with Crippen molar-refractivity contribution in [2.75, 3.05) is 0 Å². The molecule has 3 atom stereocenters. The van der Waals surface area contributed by atoms with E-state index >= 15 is 0 Å². The van der Waals surface area contributed by atoms with Gasteiger partial charge in [0.15, 0.2) is 0 Å². The van der Waals surface area contributed by atoms with Crippen LogP contribution >= 0.6 is 0 Å². The molecule has 11 rings (SSSR count). The zero-order valence-electron chi connectivity index (χ0n) is 27.8. The van der Waals surface area contributed by atoms with Crippen LogP contribution in [0, 0.1) is 11.8 Å².